The topological polar surface area (TPSA) is 39.1 Å². The van der Waals surface area contributed by atoms with Gasteiger partial charge in [-0.05, 0) is 29.8 Å². The summed E-state index contributed by atoms with van der Waals surface area (Å²) in [7, 11) is 0. The third-order valence-electron chi connectivity index (χ3n) is 3.96. The second-order valence-electron chi connectivity index (χ2n) is 5.66. The number of phenolic OH excluding ortho intramolecular Hbond substituents is 1. The number of hydrazone groups is 1. The summed E-state index contributed by atoms with van der Waals surface area (Å²) in [5, 5.41) is 17.0. The summed E-state index contributed by atoms with van der Waals surface area (Å²) in [6.07, 6.45) is 1.73. The van der Waals surface area contributed by atoms with Crippen LogP contribution in [0.5, 0.6) is 5.75 Å². The number of halogens is 1. The van der Waals surface area contributed by atoms with Crippen molar-refractivity contribution < 1.29 is 5.11 Å². The van der Waals surface area contributed by atoms with E-state index < -0.39 is 0 Å². The van der Waals surface area contributed by atoms with Crippen molar-refractivity contribution in [2.75, 3.05) is 26.2 Å². The van der Waals surface area contributed by atoms with Gasteiger partial charge in [0, 0.05) is 43.3 Å². The predicted octanol–water partition coefficient (Wildman–Crippen LogP) is 3.20. The SMILES string of the molecule is Oc1ccccc1/C=N/N1CCN(Cc2ccc(Cl)cc2)CC1. The summed E-state index contributed by atoms with van der Waals surface area (Å²) in [5.74, 6) is 0.262. The first-order valence-electron chi connectivity index (χ1n) is 7.74. The number of aromatic hydroxyl groups is 1. The van der Waals surface area contributed by atoms with E-state index in [1.807, 2.05) is 35.3 Å². The summed E-state index contributed by atoms with van der Waals surface area (Å²) in [6, 6.07) is 15.2. The van der Waals surface area contributed by atoms with Crippen LogP contribution >= 0.6 is 11.6 Å². The number of nitrogens with zero attached hydrogens (tertiary/aromatic N) is 3. The normalized spacial score (nSPS) is 16.1. The average Bonchev–Trinajstić information content (AvgIpc) is 2.58. The fraction of sp³-hybridized carbons (Fsp3) is 0.278. The Morgan fingerprint density at radius 2 is 1.70 bits per heavy atom. The van der Waals surface area contributed by atoms with Crippen LogP contribution in [0.25, 0.3) is 0 Å². The second kappa shape index (κ2) is 7.49. The maximum absolute atomic E-state index is 9.74. The highest BCUT2D eigenvalue weighted by Gasteiger charge is 2.15. The van der Waals surface area contributed by atoms with Gasteiger partial charge in [-0.2, -0.15) is 5.10 Å². The van der Waals surface area contributed by atoms with Gasteiger partial charge in [-0.25, -0.2) is 0 Å². The Morgan fingerprint density at radius 3 is 2.39 bits per heavy atom. The van der Waals surface area contributed by atoms with E-state index in [0.717, 1.165) is 43.3 Å². The Labute approximate surface area is 141 Å². The Bertz CT molecular complexity index is 664. The minimum atomic E-state index is 0.262. The monoisotopic (exact) mass is 329 g/mol. The van der Waals surface area contributed by atoms with E-state index in [2.05, 4.69) is 22.1 Å². The Hall–Kier alpha value is -2.04. The molecule has 3 rings (SSSR count). The molecule has 2 aromatic rings. The summed E-state index contributed by atoms with van der Waals surface area (Å²) < 4.78 is 0. The van der Waals surface area contributed by atoms with Gasteiger partial charge in [0.2, 0.25) is 0 Å². The lowest BCUT2D eigenvalue weighted by Crippen LogP contribution is -2.43. The van der Waals surface area contributed by atoms with Crippen molar-refractivity contribution in [3.8, 4) is 5.75 Å². The lowest BCUT2D eigenvalue weighted by molar-refractivity contribution is 0.131. The zero-order valence-corrected chi connectivity index (χ0v) is 13.7. The largest absolute Gasteiger partial charge is 0.507 e. The molecule has 0 unspecified atom stereocenters. The highest BCUT2D eigenvalue weighted by atomic mass is 35.5. The molecular weight excluding hydrogens is 310 g/mol. The summed E-state index contributed by atoms with van der Waals surface area (Å²) in [5.41, 5.74) is 2.02. The zero-order valence-electron chi connectivity index (χ0n) is 12.9. The first kappa shape index (κ1) is 15.8. The van der Waals surface area contributed by atoms with Crippen LogP contribution in [0.4, 0.5) is 0 Å². The molecule has 0 amide bonds. The van der Waals surface area contributed by atoms with E-state index in [9.17, 15) is 5.11 Å². The minimum absolute atomic E-state index is 0.262. The van der Waals surface area contributed by atoms with Crippen molar-refractivity contribution in [2.45, 2.75) is 6.54 Å². The van der Waals surface area contributed by atoms with E-state index >= 15 is 0 Å². The van der Waals surface area contributed by atoms with Crippen molar-refractivity contribution in [3.63, 3.8) is 0 Å². The summed E-state index contributed by atoms with van der Waals surface area (Å²) in [6.45, 7) is 4.66. The van der Waals surface area contributed by atoms with Crippen molar-refractivity contribution in [2.24, 2.45) is 5.10 Å². The van der Waals surface area contributed by atoms with Gasteiger partial charge in [0.1, 0.15) is 5.75 Å². The van der Waals surface area contributed by atoms with Crippen LogP contribution in [0.2, 0.25) is 5.02 Å². The molecule has 0 bridgehead atoms. The molecule has 23 heavy (non-hydrogen) atoms. The molecule has 0 aromatic heterocycles. The fourth-order valence-corrected chi connectivity index (χ4v) is 2.73. The van der Waals surface area contributed by atoms with Crippen molar-refractivity contribution in [1.29, 1.82) is 0 Å². The standard InChI is InChI=1S/C18H20ClN3O/c19-17-7-5-15(6-8-17)14-21-9-11-22(12-10-21)20-13-16-3-1-2-4-18(16)23/h1-8,13,23H,9-12,14H2/b20-13+. The lowest BCUT2D eigenvalue weighted by atomic mass is 10.2. The smallest absolute Gasteiger partial charge is 0.124 e. The van der Waals surface area contributed by atoms with Crippen LogP contribution in [0, 0.1) is 0 Å². The van der Waals surface area contributed by atoms with Gasteiger partial charge in [0.25, 0.3) is 0 Å². The third-order valence-corrected chi connectivity index (χ3v) is 4.22. The molecule has 0 spiro atoms. The van der Waals surface area contributed by atoms with Crippen molar-refractivity contribution >= 4 is 17.8 Å². The van der Waals surface area contributed by atoms with Gasteiger partial charge in [-0.15, -0.1) is 0 Å². The highest BCUT2D eigenvalue weighted by molar-refractivity contribution is 6.30. The van der Waals surface area contributed by atoms with E-state index in [1.54, 1.807) is 12.3 Å². The second-order valence-corrected chi connectivity index (χ2v) is 6.10. The van der Waals surface area contributed by atoms with E-state index in [4.69, 9.17) is 11.6 Å². The quantitative estimate of drug-likeness (QED) is 0.876. The molecule has 1 N–H and O–H groups in total. The molecule has 0 aliphatic carbocycles. The molecule has 1 fully saturated rings. The summed E-state index contributed by atoms with van der Waals surface area (Å²) >= 11 is 5.92. The third kappa shape index (κ3) is 4.47. The van der Waals surface area contributed by atoms with Gasteiger partial charge in [0.05, 0.1) is 6.21 Å². The Morgan fingerprint density at radius 1 is 1.00 bits per heavy atom. The first-order valence-corrected chi connectivity index (χ1v) is 8.12. The molecule has 1 aliphatic heterocycles. The number of benzene rings is 2. The zero-order chi connectivity index (χ0) is 16.1. The highest BCUT2D eigenvalue weighted by Crippen LogP contribution is 2.15. The molecule has 4 nitrogen and oxygen atoms in total. The van der Waals surface area contributed by atoms with Crippen LogP contribution in [0.1, 0.15) is 11.1 Å². The van der Waals surface area contributed by atoms with Gasteiger partial charge in [0.15, 0.2) is 0 Å². The molecule has 1 aliphatic rings. The van der Waals surface area contributed by atoms with Crippen LogP contribution in [-0.4, -0.2) is 47.4 Å². The number of para-hydroxylation sites is 1. The van der Waals surface area contributed by atoms with Crippen molar-refractivity contribution in [3.05, 3.63) is 64.7 Å². The van der Waals surface area contributed by atoms with Gasteiger partial charge in [-0.1, -0.05) is 35.9 Å². The molecular formula is C18H20ClN3O. The van der Waals surface area contributed by atoms with Crippen LogP contribution in [0.3, 0.4) is 0 Å². The number of hydrogen-bond acceptors (Lipinski definition) is 4. The number of phenols is 1. The molecule has 1 saturated heterocycles. The van der Waals surface area contributed by atoms with E-state index in [-0.39, 0.29) is 5.75 Å². The van der Waals surface area contributed by atoms with Gasteiger partial charge in [-0.3, -0.25) is 9.91 Å². The number of rotatable bonds is 4. The van der Waals surface area contributed by atoms with Gasteiger partial charge >= 0.3 is 0 Å². The molecule has 0 saturated carbocycles. The average molecular weight is 330 g/mol. The molecule has 0 radical (unpaired) electrons. The predicted molar refractivity (Wildman–Crippen MR) is 94.0 cm³/mol. The van der Waals surface area contributed by atoms with Crippen LogP contribution < -0.4 is 0 Å². The molecule has 2 aromatic carbocycles. The van der Waals surface area contributed by atoms with Gasteiger partial charge < -0.3 is 5.11 Å². The number of hydrogen-bond donors (Lipinski definition) is 1. The van der Waals surface area contributed by atoms with E-state index in [1.165, 1.54) is 5.56 Å². The molecule has 5 heteroatoms. The Kier molecular flexibility index (Phi) is 5.16. The van der Waals surface area contributed by atoms with Crippen LogP contribution in [0.15, 0.2) is 53.6 Å². The van der Waals surface area contributed by atoms with Crippen LogP contribution in [-0.2, 0) is 6.54 Å². The maximum atomic E-state index is 9.74. The lowest BCUT2D eigenvalue weighted by Gasteiger charge is -2.33. The number of piperazine rings is 1. The first-order chi connectivity index (χ1) is 11.2. The molecule has 0 atom stereocenters. The fourth-order valence-electron chi connectivity index (χ4n) is 2.60. The van der Waals surface area contributed by atoms with E-state index in [0.29, 0.717) is 0 Å². The molecule has 1 heterocycles. The summed E-state index contributed by atoms with van der Waals surface area (Å²) in [4.78, 5) is 2.41. The minimum Gasteiger partial charge on any atom is -0.507 e. The van der Waals surface area contributed by atoms with Crippen molar-refractivity contribution in [1.82, 2.24) is 9.91 Å². The Balaban J connectivity index is 1.50. The molecule has 120 valence electrons. The maximum Gasteiger partial charge on any atom is 0.124 e.